The topological polar surface area (TPSA) is 41.6 Å². The van der Waals surface area contributed by atoms with E-state index in [1.165, 1.54) is 57.9 Å². The summed E-state index contributed by atoms with van der Waals surface area (Å²) in [5.41, 5.74) is 0.133. The van der Waals surface area contributed by atoms with Gasteiger partial charge in [-0.1, -0.05) is 25.7 Å². The van der Waals surface area contributed by atoms with Crippen LogP contribution in [0.3, 0.4) is 0 Å². The van der Waals surface area contributed by atoms with Crippen LogP contribution in [0.5, 0.6) is 0 Å². The van der Waals surface area contributed by atoms with Crippen LogP contribution in [0.2, 0.25) is 0 Å². The highest BCUT2D eigenvalue weighted by molar-refractivity contribution is 5.79. The van der Waals surface area contributed by atoms with Crippen molar-refractivity contribution in [3.8, 4) is 0 Å². The minimum absolute atomic E-state index is 0.133. The zero-order valence-corrected chi connectivity index (χ0v) is 14.8. The maximum Gasteiger partial charge on any atom is 0.223 e. The van der Waals surface area contributed by atoms with Gasteiger partial charge in [-0.2, -0.15) is 0 Å². The molecule has 0 aromatic rings. The molecule has 0 aromatic carbocycles. The Morgan fingerprint density at radius 2 is 1.92 bits per heavy atom. The average Bonchev–Trinajstić information content (AvgIpc) is 3.20. The molecule has 2 saturated carbocycles. The Bertz CT molecular complexity index is 500. The second-order valence-corrected chi connectivity index (χ2v) is 9.12. The Hall–Kier alpha value is -0.610. The average molecular weight is 332 g/mol. The summed E-state index contributed by atoms with van der Waals surface area (Å²) in [6.45, 7) is 3.22. The highest BCUT2D eigenvalue weighted by Crippen LogP contribution is 2.55. The van der Waals surface area contributed by atoms with Crippen molar-refractivity contribution in [3.63, 3.8) is 0 Å². The van der Waals surface area contributed by atoms with Crippen LogP contribution in [-0.2, 0) is 9.53 Å². The monoisotopic (exact) mass is 332 g/mol. The van der Waals surface area contributed by atoms with E-state index in [9.17, 15) is 4.79 Å². The Kier molecular flexibility index (Phi) is 3.89. The lowest BCUT2D eigenvalue weighted by atomic mass is 9.73. The number of nitrogens with zero attached hydrogens (tertiary/aromatic N) is 1. The van der Waals surface area contributed by atoms with Gasteiger partial charge in [0.2, 0.25) is 5.91 Å². The first-order chi connectivity index (χ1) is 11.8. The first-order valence-electron chi connectivity index (χ1n) is 10.4. The third-order valence-electron chi connectivity index (χ3n) is 7.89. The molecule has 3 heterocycles. The fourth-order valence-corrected chi connectivity index (χ4v) is 6.26. The molecule has 1 amide bonds. The lowest BCUT2D eigenvalue weighted by Gasteiger charge is -2.32. The Morgan fingerprint density at radius 1 is 1.08 bits per heavy atom. The summed E-state index contributed by atoms with van der Waals surface area (Å²) in [4.78, 5) is 15.0. The molecule has 3 aliphatic heterocycles. The molecule has 4 heteroatoms. The molecular weight excluding hydrogens is 300 g/mol. The summed E-state index contributed by atoms with van der Waals surface area (Å²) in [6, 6.07) is 0.798. The lowest BCUT2D eigenvalue weighted by molar-refractivity contribution is -0.127. The van der Waals surface area contributed by atoms with Crippen molar-refractivity contribution in [3.05, 3.63) is 0 Å². The fraction of sp³-hybridized carbons (Fsp3) is 0.950. The Morgan fingerprint density at radius 3 is 2.67 bits per heavy atom. The predicted octanol–water partition coefficient (Wildman–Crippen LogP) is 2.71. The van der Waals surface area contributed by atoms with Gasteiger partial charge < -0.3 is 10.1 Å². The number of hydrogen-bond acceptors (Lipinski definition) is 3. The van der Waals surface area contributed by atoms with Crippen LogP contribution >= 0.6 is 0 Å². The van der Waals surface area contributed by atoms with E-state index in [-0.39, 0.29) is 5.60 Å². The number of nitrogens with one attached hydrogen (secondary N) is 1. The maximum absolute atomic E-state index is 12.2. The smallest absolute Gasteiger partial charge is 0.223 e. The molecule has 4 nitrogen and oxygen atoms in total. The van der Waals surface area contributed by atoms with Crippen LogP contribution < -0.4 is 5.32 Å². The van der Waals surface area contributed by atoms with Crippen LogP contribution in [0.4, 0.5) is 0 Å². The van der Waals surface area contributed by atoms with Gasteiger partial charge in [-0.3, -0.25) is 9.69 Å². The zero-order chi connectivity index (χ0) is 16.1. The first-order valence-corrected chi connectivity index (χ1v) is 10.4. The van der Waals surface area contributed by atoms with Gasteiger partial charge in [0.1, 0.15) is 0 Å². The van der Waals surface area contributed by atoms with Crippen molar-refractivity contribution in [2.45, 2.75) is 82.0 Å². The van der Waals surface area contributed by atoms with Gasteiger partial charge >= 0.3 is 0 Å². The molecule has 4 atom stereocenters. The molecule has 5 aliphatic rings. The number of fused-ring (bicyclic) bond motifs is 1. The molecule has 5 fully saturated rings. The van der Waals surface area contributed by atoms with Gasteiger partial charge in [-0.05, 0) is 38.5 Å². The number of hydrogen-bond donors (Lipinski definition) is 1. The molecule has 24 heavy (non-hydrogen) atoms. The minimum atomic E-state index is 0.133. The van der Waals surface area contributed by atoms with E-state index in [4.69, 9.17) is 4.74 Å². The van der Waals surface area contributed by atoms with Crippen molar-refractivity contribution in [1.29, 1.82) is 0 Å². The number of ether oxygens (including phenoxy) is 1. The summed E-state index contributed by atoms with van der Waals surface area (Å²) in [6.07, 6.45) is 13.3. The Balaban J connectivity index is 1.24. The standard InChI is InChI=1S/C20H32N2O2/c23-19(14-5-4-6-14)21-11-16-17-12-22(15-7-2-1-3-8-15)13-20(17)10-9-18(16)24-20/h14-18H,1-13H2,(H,21,23)/t16-,17+,18+,20+/m0/s1. The summed E-state index contributed by atoms with van der Waals surface area (Å²) in [5, 5.41) is 3.28. The molecular formula is C20H32N2O2. The summed E-state index contributed by atoms with van der Waals surface area (Å²) < 4.78 is 6.56. The zero-order valence-electron chi connectivity index (χ0n) is 14.8. The van der Waals surface area contributed by atoms with Crippen molar-refractivity contribution < 1.29 is 9.53 Å². The molecule has 1 N–H and O–H groups in total. The van der Waals surface area contributed by atoms with Gasteiger partial charge in [0.15, 0.2) is 0 Å². The molecule has 1 spiro atoms. The minimum Gasteiger partial charge on any atom is -0.370 e. The van der Waals surface area contributed by atoms with Gasteiger partial charge in [0.25, 0.3) is 0 Å². The van der Waals surface area contributed by atoms with E-state index < -0.39 is 0 Å². The van der Waals surface area contributed by atoms with Crippen LogP contribution in [0.25, 0.3) is 0 Å². The number of likely N-dealkylation sites (tertiary alicyclic amines) is 1. The lowest BCUT2D eigenvalue weighted by Crippen LogP contribution is -2.44. The third-order valence-corrected chi connectivity index (χ3v) is 7.89. The van der Waals surface area contributed by atoms with E-state index in [1.54, 1.807) is 0 Å². The normalized spacial score (nSPS) is 42.9. The molecule has 2 bridgehead atoms. The molecule has 2 aliphatic carbocycles. The highest BCUT2D eigenvalue weighted by Gasteiger charge is 2.63. The molecule has 134 valence electrons. The number of carbonyl (C=O) groups is 1. The highest BCUT2D eigenvalue weighted by atomic mass is 16.5. The second-order valence-electron chi connectivity index (χ2n) is 9.12. The number of rotatable bonds is 4. The van der Waals surface area contributed by atoms with E-state index >= 15 is 0 Å². The van der Waals surface area contributed by atoms with Crippen LogP contribution in [0.15, 0.2) is 0 Å². The maximum atomic E-state index is 12.2. The summed E-state index contributed by atoms with van der Waals surface area (Å²) >= 11 is 0. The van der Waals surface area contributed by atoms with Gasteiger partial charge in [0, 0.05) is 43.4 Å². The van der Waals surface area contributed by atoms with Crippen LogP contribution in [0.1, 0.15) is 64.2 Å². The number of amides is 1. The van der Waals surface area contributed by atoms with E-state index in [2.05, 4.69) is 10.2 Å². The van der Waals surface area contributed by atoms with Crippen molar-refractivity contribution in [2.24, 2.45) is 17.8 Å². The quantitative estimate of drug-likeness (QED) is 0.861. The second kappa shape index (κ2) is 5.98. The van der Waals surface area contributed by atoms with E-state index in [0.717, 1.165) is 32.0 Å². The largest absolute Gasteiger partial charge is 0.370 e. The fourth-order valence-electron chi connectivity index (χ4n) is 6.26. The van der Waals surface area contributed by atoms with Gasteiger partial charge in [0.05, 0.1) is 11.7 Å². The van der Waals surface area contributed by atoms with Crippen LogP contribution in [0, 0.1) is 17.8 Å². The molecule has 3 saturated heterocycles. The van der Waals surface area contributed by atoms with Gasteiger partial charge in [-0.15, -0.1) is 0 Å². The SMILES string of the molecule is O=C(NC[C@H]1[C@H]2CN(C3CCCCC3)C[C@]23CC[C@H]1O3)C1CCC1. The molecule has 0 aromatic heterocycles. The Labute approximate surface area is 145 Å². The third kappa shape index (κ3) is 2.44. The van der Waals surface area contributed by atoms with Crippen molar-refractivity contribution in [1.82, 2.24) is 10.2 Å². The van der Waals surface area contributed by atoms with Gasteiger partial charge in [-0.25, -0.2) is 0 Å². The van der Waals surface area contributed by atoms with Crippen LogP contribution in [-0.4, -0.2) is 48.2 Å². The number of carbonyl (C=O) groups excluding carboxylic acids is 1. The predicted molar refractivity (Wildman–Crippen MR) is 92.6 cm³/mol. The summed E-state index contributed by atoms with van der Waals surface area (Å²) in [5.74, 6) is 1.82. The molecule has 0 radical (unpaired) electrons. The van der Waals surface area contributed by atoms with Crippen molar-refractivity contribution >= 4 is 5.91 Å². The van der Waals surface area contributed by atoms with E-state index in [0.29, 0.717) is 29.8 Å². The van der Waals surface area contributed by atoms with E-state index in [1.807, 2.05) is 0 Å². The van der Waals surface area contributed by atoms with Crippen molar-refractivity contribution in [2.75, 3.05) is 19.6 Å². The summed E-state index contributed by atoms with van der Waals surface area (Å²) in [7, 11) is 0. The molecule has 5 rings (SSSR count). The molecule has 0 unspecified atom stereocenters. The first kappa shape index (κ1) is 15.6.